The van der Waals surface area contributed by atoms with E-state index in [1.807, 2.05) is 0 Å². The predicted octanol–water partition coefficient (Wildman–Crippen LogP) is 5.09. The van der Waals surface area contributed by atoms with E-state index in [1.54, 1.807) is 29.6 Å². The maximum atomic E-state index is 12.3. The van der Waals surface area contributed by atoms with Gasteiger partial charge in [0.2, 0.25) is 5.91 Å². The van der Waals surface area contributed by atoms with E-state index in [4.69, 9.17) is 9.47 Å². The molecule has 1 amide bonds. The summed E-state index contributed by atoms with van der Waals surface area (Å²) in [5.74, 6) is -0.984. The summed E-state index contributed by atoms with van der Waals surface area (Å²) < 4.78 is 50.9. The smallest absolute Gasteiger partial charge is 0.495 e. The van der Waals surface area contributed by atoms with Crippen molar-refractivity contribution in [1.29, 1.82) is 0 Å². The molecular weight excluding hydrogens is 449 g/mol. The van der Waals surface area contributed by atoms with Gasteiger partial charge in [-0.05, 0) is 36.4 Å². The van der Waals surface area contributed by atoms with Crippen molar-refractivity contribution in [2.75, 3.05) is 12.0 Å². The van der Waals surface area contributed by atoms with Crippen LogP contribution in [0.4, 0.5) is 24.0 Å². The van der Waals surface area contributed by atoms with Crippen molar-refractivity contribution in [3.8, 4) is 11.5 Å². The van der Waals surface area contributed by atoms with Gasteiger partial charge >= 0.3 is 12.3 Å². The topological polar surface area (TPSA) is 78.0 Å². The maximum absolute atomic E-state index is 12.3. The molecule has 1 aromatic heterocycles. The number of ether oxygens (including phenoxy) is 3. The number of rotatable bonds is 7. The Bertz CT molecular complexity index is 1100. The minimum atomic E-state index is -4.82. The zero-order valence-electron chi connectivity index (χ0n) is 16.9. The van der Waals surface area contributed by atoms with Crippen molar-refractivity contribution in [3.63, 3.8) is 0 Å². The number of nitrogens with zero attached hydrogens (tertiary/aromatic N) is 2. The van der Waals surface area contributed by atoms with Crippen molar-refractivity contribution in [2.24, 2.45) is 0 Å². The van der Waals surface area contributed by atoms with Crippen LogP contribution in [0.5, 0.6) is 11.5 Å². The van der Waals surface area contributed by atoms with E-state index in [0.717, 1.165) is 24.3 Å². The minimum absolute atomic E-state index is 0.0503. The molecular formula is C21H17F3N2O5S. The maximum Gasteiger partial charge on any atom is 0.573 e. The molecule has 0 saturated heterocycles. The number of para-hydroxylation sites is 2. The second kappa shape index (κ2) is 9.69. The van der Waals surface area contributed by atoms with Gasteiger partial charge in [0.05, 0.1) is 24.1 Å². The molecule has 0 aliphatic heterocycles. The van der Waals surface area contributed by atoms with Crippen molar-refractivity contribution in [2.45, 2.75) is 19.9 Å². The third-order valence-electron chi connectivity index (χ3n) is 4.05. The Hall–Kier alpha value is -3.60. The number of carbonyl (C=O) groups excluding carboxylic acids is 2. The molecule has 0 aliphatic rings. The summed E-state index contributed by atoms with van der Waals surface area (Å²) in [6, 6.07) is 11.3. The fourth-order valence-electron chi connectivity index (χ4n) is 2.70. The van der Waals surface area contributed by atoms with E-state index < -0.39 is 18.1 Å². The molecule has 1 heterocycles. The number of benzene rings is 2. The van der Waals surface area contributed by atoms with Crippen molar-refractivity contribution in [1.82, 2.24) is 4.98 Å². The number of hydrogen-bond donors (Lipinski definition) is 0. The van der Waals surface area contributed by atoms with Crippen LogP contribution in [0.25, 0.3) is 0 Å². The average Bonchev–Trinajstić information content (AvgIpc) is 3.20. The summed E-state index contributed by atoms with van der Waals surface area (Å²) in [5, 5.41) is 2.00. The fourth-order valence-corrected chi connectivity index (χ4v) is 3.57. The highest BCUT2D eigenvalue weighted by Gasteiger charge is 2.31. The van der Waals surface area contributed by atoms with Gasteiger partial charge in [-0.3, -0.25) is 9.69 Å². The summed E-state index contributed by atoms with van der Waals surface area (Å²) in [7, 11) is 1.49. The van der Waals surface area contributed by atoms with Crippen molar-refractivity contribution < 1.29 is 37.0 Å². The van der Waals surface area contributed by atoms with E-state index in [9.17, 15) is 22.8 Å². The Kier molecular flexibility index (Phi) is 6.98. The molecule has 0 atom stereocenters. The average molecular weight is 466 g/mol. The van der Waals surface area contributed by atoms with Gasteiger partial charge in [0.15, 0.2) is 5.13 Å². The number of hydrogen-bond acceptors (Lipinski definition) is 7. The van der Waals surface area contributed by atoms with Crippen LogP contribution in [0.1, 0.15) is 23.0 Å². The first-order valence-corrected chi connectivity index (χ1v) is 9.97. The molecule has 168 valence electrons. The van der Waals surface area contributed by atoms with Gasteiger partial charge < -0.3 is 14.2 Å². The monoisotopic (exact) mass is 466 g/mol. The van der Waals surface area contributed by atoms with E-state index in [2.05, 4.69) is 9.72 Å². The summed E-state index contributed by atoms with van der Waals surface area (Å²) in [6.45, 7) is 1.20. The summed E-state index contributed by atoms with van der Waals surface area (Å²) in [5.41, 5.74) is 0.965. The van der Waals surface area contributed by atoms with Crippen LogP contribution in [-0.2, 0) is 16.1 Å². The van der Waals surface area contributed by atoms with Gasteiger partial charge in [0, 0.05) is 12.3 Å². The molecule has 11 heteroatoms. The van der Waals surface area contributed by atoms with E-state index in [1.165, 1.54) is 30.3 Å². The Morgan fingerprint density at radius 2 is 1.78 bits per heavy atom. The number of alkyl halides is 3. The first kappa shape index (κ1) is 23.1. The highest BCUT2D eigenvalue weighted by Crippen LogP contribution is 2.35. The van der Waals surface area contributed by atoms with Crippen LogP contribution in [0, 0.1) is 0 Å². The zero-order chi connectivity index (χ0) is 23.3. The van der Waals surface area contributed by atoms with E-state index in [0.29, 0.717) is 22.3 Å². The van der Waals surface area contributed by atoms with Crippen LogP contribution in [0.15, 0.2) is 53.9 Å². The van der Waals surface area contributed by atoms with Gasteiger partial charge in [0.1, 0.15) is 18.1 Å². The molecule has 3 rings (SSSR count). The summed E-state index contributed by atoms with van der Waals surface area (Å²) in [4.78, 5) is 30.2. The number of halogens is 3. The van der Waals surface area contributed by atoms with Gasteiger partial charge in [-0.25, -0.2) is 9.78 Å². The molecule has 0 saturated carbocycles. The molecule has 7 nitrogen and oxygen atoms in total. The zero-order valence-corrected chi connectivity index (χ0v) is 17.7. The third-order valence-corrected chi connectivity index (χ3v) is 4.92. The number of anilines is 2. The lowest BCUT2D eigenvalue weighted by Crippen LogP contribution is -2.23. The Balaban J connectivity index is 1.68. The Labute approximate surface area is 185 Å². The SMILES string of the molecule is COc1ccccc1N(C(C)=O)c1nc(COC(=O)c2ccc(OC(F)(F)F)cc2)cs1. The lowest BCUT2D eigenvalue weighted by molar-refractivity contribution is -0.274. The van der Waals surface area contributed by atoms with Crippen LogP contribution in [0.3, 0.4) is 0 Å². The first-order chi connectivity index (χ1) is 15.2. The van der Waals surface area contributed by atoms with Crippen molar-refractivity contribution >= 4 is 34.0 Å². The van der Waals surface area contributed by atoms with Crippen LogP contribution < -0.4 is 14.4 Å². The van der Waals surface area contributed by atoms with Gasteiger partial charge in [-0.2, -0.15) is 0 Å². The predicted molar refractivity (Wildman–Crippen MR) is 110 cm³/mol. The highest BCUT2D eigenvalue weighted by atomic mass is 32.1. The van der Waals surface area contributed by atoms with E-state index >= 15 is 0 Å². The number of methoxy groups -OCH3 is 1. The molecule has 0 N–H and O–H groups in total. The third kappa shape index (κ3) is 5.76. The van der Waals surface area contributed by atoms with Gasteiger partial charge in [-0.15, -0.1) is 24.5 Å². The number of carbonyl (C=O) groups is 2. The number of amides is 1. The lowest BCUT2D eigenvalue weighted by Gasteiger charge is -2.20. The number of aromatic nitrogens is 1. The second-order valence-electron chi connectivity index (χ2n) is 6.30. The molecule has 0 spiro atoms. The molecule has 0 radical (unpaired) electrons. The summed E-state index contributed by atoms with van der Waals surface area (Å²) in [6.07, 6.45) is -4.82. The molecule has 0 unspecified atom stereocenters. The van der Waals surface area contributed by atoms with Gasteiger partial charge in [-0.1, -0.05) is 12.1 Å². The van der Waals surface area contributed by atoms with E-state index in [-0.39, 0.29) is 18.1 Å². The normalized spacial score (nSPS) is 11.0. The molecule has 0 fully saturated rings. The van der Waals surface area contributed by atoms with Crippen LogP contribution in [0.2, 0.25) is 0 Å². The molecule has 32 heavy (non-hydrogen) atoms. The van der Waals surface area contributed by atoms with Crippen LogP contribution in [-0.4, -0.2) is 30.3 Å². The Morgan fingerprint density at radius 1 is 1.09 bits per heavy atom. The standard InChI is InChI=1S/C21H17F3N2O5S/c1-13(27)26(17-5-3-4-6-18(17)29-2)20-25-15(12-32-20)11-30-19(28)14-7-9-16(10-8-14)31-21(22,23)24/h3-10,12H,11H2,1-2H3. The fraction of sp³-hybridized carbons (Fsp3) is 0.190. The highest BCUT2D eigenvalue weighted by molar-refractivity contribution is 7.14. The number of thiazole rings is 1. The lowest BCUT2D eigenvalue weighted by atomic mass is 10.2. The minimum Gasteiger partial charge on any atom is -0.495 e. The largest absolute Gasteiger partial charge is 0.573 e. The summed E-state index contributed by atoms with van der Waals surface area (Å²) >= 11 is 1.18. The molecule has 3 aromatic rings. The quantitative estimate of drug-likeness (QED) is 0.452. The van der Waals surface area contributed by atoms with Gasteiger partial charge in [0.25, 0.3) is 0 Å². The Morgan fingerprint density at radius 3 is 2.41 bits per heavy atom. The molecule has 0 aliphatic carbocycles. The molecule has 2 aromatic carbocycles. The number of esters is 1. The first-order valence-electron chi connectivity index (χ1n) is 9.09. The second-order valence-corrected chi connectivity index (χ2v) is 7.13. The molecule has 0 bridgehead atoms. The van der Waals surface area contributed by atoms with Crippen LogP contribution >= 0.6 is 11.3 Å². The van der Waals surface area contributed by atoms with Crippen molar-refractivity contribution in [3.05, 3.63) is 65.2 Å².